The fourth-order valence-electron chi connectivity index (χ4n) is 6.02. The molecule has 198 valence electrons. The van der Waals surface area contributed by atoms with Crippen molar-refractivity contribution < 1.29 is 14.3 Å². The number of benzene rings is 1. The van der Waals surface area contributed by atoms with Crippen LogP contribution in [-0.4, -0.2) is 49.5 Å². The van der Waals surface area contributed by atoms with E-state index in [1.165, 1.54) is 19.3 Å². The van der Waals surface area contributed by atoms with Crippen molar-refractivity contribution in [1.82, 2.24) is 24.8 Å². The van der Waals surface area contributed by atoms with Gasteiger partial charge in [0.05, 0.1) is 17.4 Å². The molecule has 9 heteroatoms. The number of fused-ring (bicyclic) bond motifs is 2. The largest absolute Gasteiger partial charge is 0.490 e. The van der Waals surface area contributed by atoms with E-state index >= 15 is 0 Å². The number of anilines is 1. The molecule has 3 aliphatic carbocycles. The normalized spacial score (nSPS) is 20.6. The molecule has 1 aliphatic heterocycles. The quantitative estimate of drug-likeness (QED) is 0.485. The first kappa shape index (κ1) is 23.5. The molecule has 38 heavy (non-hydrogen) atoms. The molecule has 1 unspecified atom stereocenters. The summed E-state index contributed by atoms with van der Waals surface area (Å²) in [5, 5.41) is 7.30. The van der Waals surface area contributed by atoms with Gasteiger partial charge in [0.2, 0.25) is 0 Å². The van der Waals surface area contributed by atoms with Crippen molar-refractivity contribution in [3.8, 4) is 17.0 Å². The van der Waals surface area contributed by atoms with Crippen LogP contribution in [0.25, 0.3) is 16.9 Å². The van der Waals surface area contributed by atoms with Crippen LogP contribution in [0, 0.1) is 5.92 Å². The van der Waals surface area contributed by atoms with Gasteiger partial charge in [0.1, 0.15) is 11.3 Å². The fraction of sp³-hybridized carbons (Fsp3) is 0.517. The molecular weight excluding hydrogens is 480 g/mol. The van der Waals surface area contributed by atoms with E-state index in [1.807, 2.05) is 17.0 Å². The highest BCUT2D eigenvalue weighted by Gasteiger charge is 2.40. The summed E-state index contributed by atoms with van der Waals surface area (Å²) in [5.41, 5.74) is 10.1. The zero-order valence-corrected chi connectivity index (χ0v) is 21.8. The third-order valence-corrected chi connectivity index (χ3v) is 8.59. The lowest BCUT2D eigenvalue weighted by atomic mass is 9.97. The number of nitrogens with zero attached hydrogens (tertiary/aromatic N) is 4. The van der Waals surface area contributed by atoms with E-state index in [0.29, 0.717) is 40.7 Å². The lowest BCUT2D eigenvalue weighted by Crippen LogP contribution is -2.34. The minimum atomic E-state index is -0.241. The topological polar surface area (TPSA) is 115 Å². The molecule has 3 fully saturated rings. The summed E-state index contributed by atoms with van der Waals surface area (Å²) in [6.07, 6.45) is 11.8. The smallest absolute Gasteiger partial charge is 0.259 e. The number of nitrogens with one attached hydrogen (secondary N) is 1. The van der Waals surface area contributed by atoms with Gasteiger partial charge in [-0.25, -0.2) is 9.50 Å². The molecule has 3 heterocycles. The monoisotopic (exact) mass is 514 g/mol. The van der Waals surface area contributed by atoms with Crippen molar-refractivity contribution >= 4 is 23.3 Å². The molecule has 3 saturated carbocycles. The van der Waals surface area contributed by atoms with Gasteiger partial charge in [-0.2, -0.15) is 0 Å². The molecule has 3 aromatic rings. The second kappa shape index (κ2) is 8.99. The average Bonchev–Trinajstić information content (AvgIpc) is 3.84. The first-order valence-electron chi connectivity index (χ1n) is 14.1. The Labute approximate surface area is 221 Å². The summed E-state index contributed by atoms with van der Waals surface area (Å²) in [6, 6.07) is 6.31. The first-order chi connectivity index (χ1) is 18.5. The van der Waals surface area contributed by atoms with Crippen LogP contribution in [0.15, 0.2) is 24.4 Å². The summed E-state index contributed by atoms with van der Waals surface area (Å²) in [4.78, 5) is 33.4. The average molecular weight is 515 g/mol. The predicted octanol–water partition coefficient (Wildman–Crippen LogP) is 4.34. The van der Waals surface area contributed by atoms with Crippen LogP contribution < -0.4 is 15.8 Å². The molecule has 1 atom stereocenters. The number of nitrogen functional groups attached to an aromatic ring is 1. The highest BCUT2D eigenvalue weighted by atomic mass is 16.5. The van der Waals surface area contributed by atoms with Crippen molar-refractivity contribution in [2.75, 3.05) is 5.73 Å². The van der Waals surface area contributed by atoms with Gasteiger partial charge in [-0.1, -0.05) is 6.42 Å². The van der Waals surface area contributed by atoms with E-state index in [0.717, 1.165) is 49.7 Å². The van der Waals surface area contributed by atoms with Gasteiger partial charge in [-0.15, -0.1) is 5.10 Å². The standard InChI is InChI=1S/C29H34N6O3/c1-16(17-7-8-17)34-15-19-13-18(14-23(24(19)29(34)37)38-21-5-3-2-4-6-21)22-11-12-35-27(32-22)25(26(30)33-35)28(36)31-20-9-10-20/h11-14,16-17,20-21H,2-10,15H2,1H3,(H2,30,33)(H,31,36). The zero-order valence-electron chi connectivity index (χ0n) is 21.8. The molecular formula is C29H34N6O3. The number of rotatable bonds is 7. The van der Waals surface area contributed by atoms with Crippen LogP contribution in [0.3, 0.4) is 0 Å². The lowest BCUT2D eigenvalue weighted by Gasteiger charge is -2.25. The van der Waals surface area contributed by atoms with Gasteiger partial charge in [0.15, 0.2) is 11.5 Å². The van der Waals surface area contributed by atoms with E-state index < -0.39 is 0 Å². The van der Waals surface area contributed by atoms with Crippen molar-refractivity contribution in [3.05, 3.63) is 41.1 Å². The fourth-order valence-corrected chi connectivity index (χ4v) is 6.02. The molecule has 7 rings (SSSR count). The second-order valence-electron chi connectivity index (χ2n) is 11.5. The summed E-state index contributed by atoms with van der Waals surface area (Å²) >= 11 is 0. The maximum atomic E-state index is 13.6. The minimum absolute atomic E-state index is 0.0720. The Balaban J connectivity index is 1.29. The maximum Gasteiger partial charge on any atom is 0.259 e. The van der Waals surface area contributed by atoms with E-state index in [-0.39, 0.29) is 35.8 Å². The van der Waals surface area contributed by atoms with Gasteiger partial charge in [-0.3, -0.25) is 9.59 Å². The lowest BCUT2D eigenvalue weighted by molar-refractivity contribution is 0.0690. The summed E-state index contributed by atoms with van der Waals surface area (Å²) in [6.45, 7) is 2.75. The number of hydrogen-bond donors (Lipinski definition) is 2. The molecule has 2 amide bonds. The molecule has 0 spiro atoms. The number of aromatic nitrogens is 3. The van der Waals surface area contributed by atoms with Crippen molar-refractivity contribution in [2.24, 2.45) is 5.92 Å². The number of hydrogen-bond acceptors (Lipinski definition) is 6. The van der Waals surface area contributed by atoms with E-state index in [4.69, 9.17) is 15.5 Å². The molecule has 1 aromatic carbocycles. The molecule has 2 aromatic heterocycles. The Morgan fingerprint density at radius 2 is 1.92 bits per heavy atom. The number of carbonyl (C=O) groups excluding carboxylic acids is 2. The van der Waals surface area contributed by atoms with Crippen LogP contribution in [0.2, 0.25) is 0 Å². The van der Waals surface area contributed by atoms with Crippen LogP contribution >= 0.6 is 0 Å². The molecule has 0 radical (unpaired) electrons. The number of amides is 2. The van der Waals surface area contributed by atoms with Gasteiger partial charge in [0, 0.05) is 30.4 Å². The number of nitrogens with two attached hydrogens (primary N) is 1. The van der Waals surface area contributed by atoms with Gasteiger partial charge >= 0.3 is 0 Å². The Bertz CT molecular complexity index is 1430. The molecule has 4 aliphatic rings. The SMILES string of the molecule is CC(C1CC1)N1Cc2cc(-c3ccn4nc(N)c(C(=O)NC5CC5)c4n3)cc(OC3CCCCC3)c2C1=O. The summed E-state index contributed by atoms with van der Waals surface area (Å²) in [5.74, 6) is 1.24. The Morgan fingerprint density at radius 1 is 1.13 bits per heavy atom. The number of ether oxygens (including phenoxy) is 1. The van der Waals surface area contributed by atoms with Gasteiger partial charge in [0.25, 0.3) is 11.8 Å². The molecule has 0 saturated heterocycles. The molecule has 3 N–H and O–H groups in total. The van der Waals surface area contributed by atoms with Crippen LogP contribution in [0.4, 0.5) is 5.82 Å². The van der Waals surface area contributed by atoms with E-state index in [9.17, 15) is 9.59 Å². The summed E-state index contributed by atoms with van der Waals surface area (Å²) < 4.78 is 8.11. The third kappa shape index (κ3) is 4.18. The van der Waals surface area contributed by atoms with Gasteiger partial charge in [-0.05, 0) is 88.0 Å². The van der Waals surface area contributed by atoms with Gasteiger partial charge < -0.3 is 20.7 Å². The molecule has 0 bridgehead atoms. The first-order valence-corrected chi connectivity index (χ1v) is 14.1. The van der Waals surface area contributed by atoms with E-state index in [1.54, 1.807) is 10.7 Å². The summed E-state index contributed by atoms with van der Waals surface area (Å²) in [7, 11) is 0. The zero-order chi connectivity index (χ0) is 26.0. The van der Waals surface area contributed by atoms with Crippen molar-refractivity contribution in [3.63, 3.8) is 0 Å². The maximum absolute atomic E-state index is 13.6. The second-order valence-corrected chi connectivity index (χ2v) is 11.5. The molecule has 9 nitrogen and oxygen atoms in total. The van der Waals surface area contributed by atoms with Crippen LogP contribution in [0.1, 0.15) is 91.0 Å². The van der Waals surface area contributed by atoms with Crippen LogP contribution in [0.5, 0.6) is 5.75 Å². The predicted molar refractivity (Wildman–Crippen MR) is 143 cm³/mol. The Morgan fingerprint density at radius 3 is 2.66 bits per heavy atom. The highest BCUT2D eigenvalue weighted by molar-refractivity contribution is 6.05. The minimum Gasteiger partial charge on any atom is -0.490 e. The third-order valence-electron chi connectivity index (χ3n) is 8.59. The Hall–Kier alpha value is -3.62. The van der Waals surface area contributed by atoms with Crippen LogP contribution in [-0.2, 0) is 6.54 Å². The van der Waals surface area contributed by atoms with Crippen molar-refractivity contribution in [1.29, 1.82) is 0 Å². The highest BCUT2D eigenvalue weighted by Crippen LogP contribution is 2.42. The Kier molecular flexibility index (Phi) is 5.56. The number of carbonyl (C=O) groups is 2. The van der Waals surface area contributed by atoms with Crippen molar-refractivity contribution in [2.45, 2.75) is 89.4 Å². The van der Waals surface area contributed by atoms with E-state index in [2.05, 4.69) is 23.4 Å².